The normalized spacial score (nSPS) is 10.1. The van der Waals surface area contributed by atoms with Gasteiger partial charge in [-0.15, -0.1) is 0 Å². The first-order valence-electron chi connectivity index (χ1n) is 5.89. The monoisotopic (exact) mass is 351 g/mol. The molecule has 108 valence electrons. The number of nitrogens with zero attached hydrogens (tertiary/aromatic N) is 2. The van der Waals surface area contributed by atoms with Crippen molar-refractivity contribution >= 4 is 33.0 Å². The van der Waals surface area contributed by atoms with Crippen molar-refractivity contribution in [3.8, 4) is 0 Å². The van der Waals surface area contributed by atoms with Crippen LogP contribution >= 0.6 is 15.9 Å². The van der Waals surface area contributed by atoms with Crippen LogP contribution in [0.2, 0.25) is 0 Å². The highest BCUT2D eigenvalue weighted by Gasteiger charge is 2.13. The van der Waals surface area contributed by atoms with Gasteiger partial charge < -0.3 is 5.32 Å². The van der Waals surface area contributed by atoms with Crippen LogP contribution in [0, 0.1) is 20.2 Å². The van der Waals surface area contributed by atoms with E-state index in [1.54, 1.807) is 24.3 Å². The highest BCUT2D eigenvalue weighted by molar-refractivity contribution is 9.10. The third-order valence-corrected chi connectivity index (χ3v) is 3.48. The Labute approximate surface area is 128 Å². The van der Waals surface area contributed by atoms with Crippen molar-refractivity contribution in [2.45, 2.75) is 6.54 Å². The number of halogens is 1. The average Bonchev–Trinajstić information content (AvgIpc) is 2.46. The topological polar surface area (TPSA) is 98.3 Å². The van der Waals surface area contributed by atoms with Crippen molar-refractivity contribution < 1.29 is 9.85 Å². The summed E-state index contributed by atoms with van der Waals surface area (Å²) in [6, 6.07) is 10.7. The molecule has 0 amide bonds. The molecule has 0 bridgehead atoms. The van der Waals surface area contributed by atoms with Gasteiger partial charge in [-0.05, 0) is 22.0 Å². The quantitative estimate of drug-likeness (QED) is 0.650. The molecule has 7 nitrogen and oxygen atoms in total. The number of non-ortho nitro benzene ring substituents is 1. The smallest absolute Gasteiger partial charge is 0.274 e. The van der Waals surface area contributed by atoms with Crippen LogP contribution in [0.4, 0.5) is 17.1 Å². The number of nitro benzene ring substituents is 2. The van der Waals surface area contributed by atoms with Crippen molar-refractivity contribution in [3.63, 3.8) is 0 Å². The Morgan fingerprint density at radius 1 is 1.05 bits per heavy atom. The number of nitro groups is 2. The molecule has 0 saturated heterocycles. The van der Waals surface area contributed by atoms with Gasteiger partial charge >= 0.3 is 0 Å². The van der Waals surface area contributed by atoms with E-state index in [0.717, 1.165) is 0 Å². The van der Waals surface area contributed by atoms with Crippen molar-refractivity contribution in [3.05, 3.63) is 72.7 Å². The second kappa shape index (κ2) is 6.31. The minimum absolute atomic E-state index is 0.0295. The van der Waals surface area contributed by atoms with Crippen LogP contribution in [0.1, 0.15) is 5.56 Å². The van der Waals surface area contributed by atoms with Gasteiger partial charge in [0.1, 0.15) is 0 Å². The average molecular weight is 352 g/mol. The van der Waals surface area contributed by atoms with Crippen molar-refractivity contribution in [2.75, 3.05) is 5.32 Å². The fraction of sp³-hybridized carbons (Fsp3) is 0.0769. The van der Waals surface area contributed by atoms with Crippen LogP contribution < -0.4 is 5.32 Å². The summed E-state index contributed by atoms with van der Waals surface area (Å²) in [5.41, 5.74) is 1.16. The Kier molecular flexibility index (Phi) is 4.49. The lowest BCUT2D eigenvalue weighted by Crippen LogP contribution is -2.03. The van der Waals surface area contributed by atoms with Crippen molar-refractivity contribution in [1.29, 1.82) is 0 Å². The molecule has 0 aliphatic heterocycles. The summed E-state index contributed by atoms with van der Waals surface area (Å²) in [7, 11) is 0. The number of hydrogen-bond acceptors (Lipinski definition) is 5. The van der Waals surface area contributed by atoms with Gasteiger partial charge in [-0.25, -0.2) is 0 Å². The van der Waals surface area contributed by atoms with Gasteiger partial charge in [-0.2, -0.15) is 0 Å². The van der Waals surface area contributed by atoms with Gasteiger partial charge in [0, 0.05) is 40.5 Å². The highest BCUT2D eigenvalue weighted by atomic mass is 79.9. The van der Waals surface area contributed by atoms with E-state index in [-0.39, 0.29) is 17.9 Å². The molecular weight excluding hydrogens is 342 g/mol. The molecule has 0 radical (unpaired) electrons. The van der Waals surface area contributed by atoms with Gasteiger partial charge in [0.15, 0.2) is 0 Å². The van der Waals surface area contributed by atoms with Gasteiger partial charge in [0.2, 0.25) is 0 Å². The minimum atomic E-state index is -0.490. The maximum Gasteiger partial charge on any atom is 0.274 e. The Morgan fingerprint density at radius 3 is 2.38 bits per heavy atom. The lowest BCUT2D eigenvalue weighted by Gasteiger charge is -2.08. The molecule has 0 heterocycles. The van der Waals surface area contributed by atoms with Crippen LogP contribution in [0.5, 0.6) is 0 Å². The number of hydrogen-bond donors (Lipinski definition) is 1. The number of para-hydroxylation sites is 1. The summed E-state index contributed by atoms with van der Waals surface area (Å²) in [5.74, 6) is 0. The van der Waals surface area contributed by atoms with E-state index in [0.29, 0.717) is 15.7 Å². The summed E-state index contributed by atoms with van der Waals surface area (Å²) in [6.45, 7) is 0.244. The summed E-state index contributed by atoms with van der Waals surface area (Å²) in [4.78, 5) is 20.6. The molecule has 0 aliphatic carbocycles. The molecule has 0 saturated carbocycles. The maximum absolute atomic E-state index is 10.9. The second-order valence-corrected chi connectivity index (χ2v) is 5.01. The molecule has 0 fully saturated rings. The Balaban J connectivity index is 2.17. The zero-order chi connectivity index (χ0) is 15.4. The number of anilines is 1. The summed E-state index contributed by atoms with van der Waals surface area (Å²) in [6.07, 6.45) is 0. The molecule has 0 aliphatic rings. The molecule has 0 spiro atoms. The second-order valence-electron chi connectivity index (χ2n) is 4.16. The molecule has 21 heavy (non-hydrogen) atoms. The molecule has 0 unspecified atom stereocenters. The Hall–Kier alpha value is -2.48. The zero-order valence-electron chi connectivity index (χ0n) is 10.7. The van der Waals surface area contributed by atoms with Crippen molar-refractivity contribution in [1.82, 2.24) is 0 Å². The summed E-state index contributed by atoms with van der Waals surface area (Å²) >= 11 is 3.24. The molecule has 2 aromatic rings. The lowest BCUT2D eigenvalue weighted by atomic mass is 10.1. The molecule has 8 heteroatoms. The first-order valence-corrected chi connectivity index (χ1v) is 6.68. The van der Waals surface area contributed by atoms with Crippen LogP contribution in [-0.2, 0) is 6.54 Å². The van der Waals surface area contributed by atoms with E-state index in [2.05, 4.69) is 21.2 Å². The minimum Gasteiger partial charge on any atom is -0.380 e. The predicted octanol–water partition coefficient (Wildman–Crippen LogP) is 3.88. The van der Waals surface area contributed by atoms with Gasteiger partial charge in [0.05, 0.1) is 9.85 Å². The number of nitrogens with one attached hydrogen (secondary N) is 1. The summed E-state index contributed by atoms with van der Waals surface area (Å²) in [5, 5.41) is 24.6. The third kappa shape index (κ3) is 3.54. The Morgan fingerprint density at radius 2 is 1.76 bits per heavy atom. The van der Waals surface area contributed by atoms with Crippen LogP contribution in [0.3, 0.4) is 0 Å². The summed E-state index contributed by atoms with van der Waals surface area (Å²) < 4.78 is 0.523. The molecule has 2 aromatic carbocycles. The van der Waals surface area contributed by atoms with Crippen molar-refractivity contribution in [2.24, 2.45) is 0 Å². The van der Waals surface area contributed by atoms with Gasteiger partial charge in [-0.1, -0.05) is 18.2 Å². The maximum atomic E-state index is 10.9. The molecule has 1 N–H and O–H groups in total. The van der Waals surface area contributed by atoms with Crippen LogP contribution in [0.15, 0.2) is 46.9 Å². The SMILES string of the molecule is O=[N+]([O-])c1ccc(NCc2ccccc2[N+](=O)[O-])c(Br)c1. The largest absolute Gasteiger partial charge is 0.380 e. The number of benzene rings is 2. The highest BCUT2D eigenvalue weighted by Crippen LogP contribution is 2.28. The molecule has 0 atom stereocenters. The fourth-order valence-corrected chi connectivity index (χ4v) is 2.30. The van der Waals surface area contributed by atoms with E-state index in [1.807, 2.05) is 0 Å². The molecule has 2 rings (SSSR count). The first kappa shape index (κ1) is 14.9. The van der Waals surface area contributed by atoms with Crippen LogP contribution in [0.25, 0.3) is 0 Å². The van der Waals surface area contributed by atoms with E-state index in [1.165, 1.54) is 18.2 Å². The third-order valence-electron chi connectivity index (χ3n) is 2.82. The fourth-order valence-electron chi connectivity index (χ4n) is 1.79. The molecular formula is C13H10BrN3O4. The zero-order valence-corrected chi connectivity index (χ0v) is 12.2. The van der Waals surface area contributed by atoms with E-state index < -0.39 is 9.85 Å². The van der Waals surface area contributed by atoms with E-state index in [9.17, 15) is 20.2 Å². The lowest BCUT2D eigenvalue weighted by molar-refractivity contribution is -0.385. The van der Waals surface area contributed by atoms with E-state index >= 15 is 0 Å². The standard InChI is InChI=1S/C13H10BrN3O4/c14-11-7-10(16(18)19)5-6-12(11)15-8-9-3-1-2-4-13(9)17(20)21/h1-7,15H,8H2. The number of rotatable bonds is 5. The first-order chi connectivity index (χ1) is 9.99. The predicted molar refractivity (Wildman–Crippen MR) is 81.2 cm³/mol. The Bertz CT molecular complexity index is 706. The molecule has 0 aromatic heterocycles. The van der Waals surface area contributed by atoms with Crippen LogP contribution in [-0.4, -0.2) is 9.85 Å². The van der Waals surface area contributed by atoms with Gasteiger partial charge in [-0.3, -0.25) is 20.2 Å². The van der Waals surface area contributed by atoms with E-state index in [4.69, 9.17) is 0 Å². The van der Waals surface area contributed by atoms with Gasteiger partial charge in [0.25, 0.3) is 11.4 Å².